The SMILES string of the molecule is CCCCCO[SiH2]C(N)CC. The Kier molecular flexibility index (Phi) is 8.34. The molecule has 0 saturated heterocycles. The maximum Gasteiger partial charge on any atom is 0.177 e. The van der Waals surface area contributed by atoms with Crippen LogP contribution in [0.2, 0.25) is 0 Å². The summed E-state index contributed by atoms with van der Waals surface area (Å²) >= 11 is 0. The number of hydrogen-bond donors (Lipinski definition) is 1. The molecule has 0 aromatic rings. The summed E-state index contributed by atoms with van der Waals surface area (Å²) in [5.41, 5.74) is 6.10. The second-order valence-electron chi connectivity index (χ2n) is 2.95. The van der Waals surface area contributed by atoms with Gasteiger partial charge in [0.05, 0.1) is 0 Å². The Hall–Kier alpha value is 0.137. The lowest BCUT2D eigenvalue weighted by Crippen LogP contribution is -2.28. The van der Waals surface area contributed by atoms with Crippen molar-refractivity contribution in [2.45, 2.75) is 45.2 Å². The summed E-state index contributed by atoms with van der Waals surface area (Å²) in [6.07, 6.45) is 4.83. The van der Waals surface area contributed by atoms with Crippen LogP contribution in [0.25, 0.3) is 0 Å². The molecular formula is C8H21NOSi. The molecule has 0 spiro atoms. The molecule has 0 bridgehead atoms. The maximum absolute atomic E-state index is 5.72. The van der Waals surface area contributed by atoms with Gasteiger partial charge in [0.1, 0.15) is 0 Å². The van der Waals surface area contributed by atoms with E-state index >= 15 is 0 Å². The predicted molar refractivity (Wildman–Crippen MR) is 52.3 cm³/mol. The number of unbranched alkanes of at least 4 members (excludes halogenated alkanes) is 2. The van der Waals surface area contributed by atoms with Gasteiger partial charge in [0.2, 0.25) is 0 Å². The summed E-state index contributed by atoms with van der Waals surface area (Å²) in [5.74, 6) is 0. The van der Waals surface area contributed by atoms with Crippen molar-refractivity contribution >= 4 is 9.76 Å². The van der Waals surface area contributed by atoms with Crippen LogP contribution < -0.4 is 5.73 Å². The zero-order valence-electron chi connectivity index (χ0n) is 7.81. The molecule has 0 aromatic heterocycles. The Morgan fingerprint density at radius 2 is 2.09 bits per heavy atom. The van der Waals surface area contributed by atoms with Crippen LogP contribution in [0.5, 0.6) is 0 Å². The van der Waals surface area contributed by atoms with Crippen molar-refractivity contribution in [1.82, 2.24) is 0 Å². The lowest BCUT2D eigenvalue weighted by atomic mass is 10.3. The fourth-order valence-electron chi connectivity index (χ4n) is 0.807. The molecule has 0 rings (SSSR count). The first kappa shape index (κ1) is 11.1. The van der Waals surface area contributed by atoms with Gasteiger partial charge in [-0.2, -0.15) is 0 Å². The molecule has 0 aliphatic carbocycles. The van der Waals surface area contributed by atoms with Crippen molar-refractivity contribution in [1.29, 1.82) is 0 Å². The Bertz CT molecular complexity index is 80.5. The molecule has 0 aliphatic rings. The minimum Gasteiger partial charge on any atom is -0.422 e. The van der Waals surface area contributed by atoms with Gasteiger partial charge in [-0.05, 0) is 12.8 Å². The molecule has 3 heteroatoms. The molecule has 11 heavy (non-hydrogen) atoms. The highest BCUT2D eigenvalue weighted by Gasteiger charge is 1.98. The Balaban J connectivity index is 2.89. The van der Waals surface area contributed by atoms with Gasteiger partial charge in [0.15, 0.2) is 9.76 Å². The lowest BCUT2D eigenvalue weighted by Gasteiger charge is -2.07. The third-order valence-corrected chi connectivity index (χ3v) is 3.28. The molecule has 0 aromatic carbocycles. The van der Waals surface area contributed by atoms with Gasteiger partial charge in [0, 0.05) is 12.3 Å². The van der Waals surface area contributed by atoms with E-state index < -0.39 is 9.76 Å². The average Bonchev–Trinajstić information content (AvgIpc) is 2.04. The van der Waals surface area contributed by atoms with E-state index in [1.807, 2.05) is 0 Å². The van der Waals surface area contributed by atoms with Crippen molar-refractivity contribution in [3.05, 3.63) is 0 Å². The quantitative estimate of drug-likeness (QED) is 0.462. The fraction of sp³-hybridized carbons (Fsp3) is 1.00. The van der Waals surface area contributed by atoms with Crippen molar-refractivity contribution in [3.63, 3.8) is 0 Å². The van der Waals surface area contributed by atoms with Crippen LogP contribution in [0.1, 0.15) is 39.5 Å². The first-order valence-corrected chi connectivity index (χ1v) is 6.04. The fourth-order valence-corrected chi connectivity index (χ4v) is 1.72. The van der Waals surface area contributed by atoms with Crippen LogP contribution in [0.3, 0.4) is 0 Å². The van der Waals surface area contributed by atoms with E-state index in [1.165, 1.54) is 19.3 Å². The van der Waals surface area contributed by atoms with E-state index in [9.17, 15) is 0 Å². The number of hydrogen-bond acceptors (Lipinski definition) is 2. The lowest BCUT2D eigenvalue weighted by molar-refractivity contribution is 0.316. The van der Waals surface area contributed by atoms with Gasteiger partial charge in [-0.15, -0.1) is 0 Å². The van der Waals surface area contributed by atoms with Gasteiger partial charge in [-0.25, -0.2) is 0 Å². The molecule has 1 atom stereocenters. The molecule has 1 unspecified atom stereocenters. The topological polar surface area (TPSA) is 35.2 Å². The summed E-state index contributed by atoms with van der Waals surface area (Å²) < 4.78 is 5.50. The normalized spacial score (nSPS) is 14.5. The smallest absolute Gasteiger partial charge is 0.177 e. The van der Waals surface area contributed by atoms with E-state index in [0.29, 0.717) is 5.67 Å². The molecule has 0 radical (unpaired) electrons. The van der Waals surface area contributed by atoms with Crippen LogP contribution >= 0.6 is 0 Å². The summed E-state index contributed by atoms with van der Waals surface area (Å²) in [5, 5.41) is 0. The second-order valence-corrected chi connectivity index (χ2v) is 4.74. The van der Waals surface area contributed by atoms with E-state index in [4.69, 9.17) is 10.2 Å². The number of nitrogens with two attached hydrogens (primary N) is 1. The van der Waals surface area contributed by atoms with Crippen LogP contribution in [-0.2, 0) is 4.43 Å². The summed E-state index contributed by atoms with van der Waals surface area (Å²) in [7, 11) is -0.415. The summed E-state index contributed by atoms with van der Waals surface area (Å²) in [6.45, 7) is 5.26. The third-order valence-electron chi connectivity index (χ3n) is 1.75. The van der Waals surface area contributed by atoms with Gasteiger partial charge < -0.3 is 10.2 Å². The standard InChI is InChI=1S/C8H21NOSi/c1-3-5-6-7-10-11-8(9)4-2/h8H,3-7,9,11H2,1-2H3. The summed E-state index contributed by atoms with van der Waals surface area (Å²) in [4.78, 5) is 0. The molecule has 0 aliphatic heterocycles. The average molecular weight is 175 g/mol. The molecule has 2 N–H and O–H groups in total. The van der Waals surface area contributed by atoms with Gasteiger partial charge in [0.25, 0.3) is 0 Å². The van der Waals surface area contributed by atoms with Crippen molar-refractivity contribution < 1.29 is 4.43 Å². The van der Waals surface area contributed by atoms with Gasteiger partial charge >= 0.3 is 0 Å². The Labute approximate surface area is 72.4 Å². The third kappa shape index (κ3) is 8.04. The zero-order chi connectivity index (χ0) is 8.53. The highest BCUT2D eigenvalue weighted by atomic mass is 28.2. The molecule has 2 nitrogen and oxygen atoms in total. The largest absolute Gasteiger partial charge is 0.422 e. The van der Waals surface area contributed by atoms with E-state index in [-0.39, 0.29) is 0 Å². The Morgan fingerprint density at radius 1 is 1.36 bits per heavy atom. The predicted octanol–water partition coefficient (Wildman–Crippen LogP) is 0.972. The van der Waals surface area contributed by atoms with Crippen molar-refractivity contribution in [3.8, 4) is 0 Å². The first-order valence-electron chi connectivity index (χ1n) is 4.64. The molecular weight excluding hydrogens is 154 g/mol. The van der Waals surface area contributed by atoms with Crippen molar-refractivity contribution in [2.75, 3.05) is 6.61 Å². The van der Waals surface area contributed by atoms with Gasteiger partial charge in [-0.3, -0.25) is 0 Å². The van der Waals surface area contributed by atoms with E-state index in [0.717, 1.165) is 13.0 Å². The highest BCUT2D eigenvalue weighted by Crippen LogP contribution is 1.94. The molecule has 68 valence electrons. The first-order chi connectivity index (χ1) is 5.31. The highest BCUT2D eigenvalue weighted by molar-refractivity contribution is 6.29. The molecule has 0 amide bonds. The van der Waals surface area contributed by atoms with Gasteiger partial charge in [-0.1, -0.05) is 26.7 Å². The van der Waals surface area contributed by atoms with E-state index in [1.54, 1.807) is 0 Å². The minimum absolute atomic E-state index is 0.372. The molecule has 0 fully saturated rings. The van der Waals surface area contributed by atoms with Crippen LogP contribution in [0, 0.1) is 0 Å². The second kappa shape index (κ2) is 8.24. The van der Waals surface area contributed by atoms with Crippen LogP contribution in [0.15, 0.2) is 0 Å². The minimum atomic E-state index is -0.415. The molecule has 0 saturated carbocycles. The maximum atomic E-state index is 5.72. The van der Waals surface area contributed by atoms with Crippen molar-refractivity contribution in [2.24, 2.45) is 5.73 Å². The monoisotopic (exact) mass is 175 g/mol. The van der Waals surface area contributed by atoms with Crippen LogP contribution in [-0.4, -0.2) is 22.0 Å². The van der Waals surface area contributed by atoms with E-state index in [2.05, 4.69) is 13.8 Å². The Morgan fingerprint density at radius 3 is 2.64 bits per heavy atom. The summed E-state index contributed by atoms with van der Waals surface area (Å²) in [6, 6.07) is 0. The van der Waals surface area contributed by atoms with Crippen LogP contribution in [0.4, 0.5) is 0 Å². The molecule has 0 heterocycles. The number of rotatable bonds is 7. The zero-order valence-corrected chi connectivity index (χ0v) is 9.22.